The van der Waals surface area contributed by atoms with Gasteiger partial charge in [-0.25, -0.2) is 4.39 Å². The fraction of sp³-hybridized carbons (Fsp3) is 0.400. The van der Waals surface area contributed by atoms with Gasteiger partial charge in [0.25, 0.3) is 0 Å². The predicted molar refractivity (Wildman–Crippen MR) is 56.1 cm³/mol. The van der Waals surface area contributed by atoms with Gasteiger partial charge in [0.2, 0.25) is 0 Å². The SMILES string of the molecule is CCC(C)Oc1cccc(P)c1F. The normalized spacial score (nSPS) is 12.6. The molecule has 13 heavy (non-hydrogen) atoms. The molecule has 0 saturated carbocycles. The van der Waals surface area contributed by atoms with Crippen molar-refractivity contribution < 1.29 is 9.13 Å². The summed E-state index contributed by atoms with van der Waals surface area (Å²) in [5, 5.41) is 0.542. The lowest BCUT2D eigenvalue weighted by Gasteiger charge is -2.13. The van der Waals surface area contributed by atoms with E-state index < -0.39 is 0 Å². The molecule has 3 heteroatoms. The van der Waals surface area contributed by atoms with Gasteiger partial charge in [0.05, 0.1) is 6.10 Å². The summed E-state index contributed by atoms with van der Waals surface area (Å²) in [6.45, 7) is 3.93. The van der Waals surface area contributed by atoms with Crippen LogP contribution in [0.5, 0.6) is 5.75 Å². The molecule has 0 fully saturated rings. The number of ether oxygens (including phenoxy) is 1. The maximum absolute atomic E-state index is 13.4. The monoisotopic (exact) mass is 200 g/mol. The molecule has 2 atom stereocenters. The molecule has 2 unspecified atom stereocenters. The highest BCUT2D eigenvalue weighted by molar-refractivity contribution is 7.27. The van der Waals surface area contributed by atoms with E-state index in [1.165, 1.54) is 0 Å². The van der Waals surface area contributed by atoms with E-state index in [0.717, 1.165) is 6.42 Å². The lowest BCUT2D eigenvalue weighted by molar-refractivity contribution is 0.208. The smallest absolute Gasteiger partial charge is 0.172 e. The Kier molecular flexibility index (Phi) is 3.68. The van der Waals surface area contributed by atoms with Gasteiger partial charge in [0.15, 0.2) is 11.6 Å². The van der Waals surface area contributed by atoms with Gasteiger partial charge in [-0.1, -0.05) is 19.1 Å². The van der Waals surface area contributed by atoms with Crippen LogP contribution in [0.15, 0.2) is 18.2 Å². The molecule has 1 aromatic rings. The Hall–Kier alpha value is -0.620. The van der Waals surface area contributed by atoms with Crippen LogP contribution in [0.1, 0.15) is 20.3 Å². The fourth-order valence-electron chi connectivity index (χ4n) is 0.919. The highest BCUT2D eigenvalue weighted by Crippen LogP contribution is 2.17. The third-order valence-corrected chi connectivity index (χ3v) is 2.34. The summed E-state index contributed by atoms with van der Waals surface area (Å²) in [5.74, 6) is 0.0506. The van der Waals surface area contributed by atoms with Crippen molar-refractivity contribution in [1.82, 2.24) is 0 Å². The molecule has 0 aromatic heterocycles. The molecule has 0 amide bonds. The molecule has 1 rings (SSSR count). The van der Waals surface area contributed by atoms with Crippen molar-refractivity contribution in [2.75, 3.05) is 0 Å². The fourth-order valence-corrected chi connectivity index (χ4v) is 1.17. The van der Waals surface area contributed by atoms with Crippen molar-refractivity contribution in [3.63, 3.8) is 0 Å². The maximum atomic E-state index is 13.4. The van der Waals surface area contributed by atoms with Crippen molar-refractivity contribution >= 4 is 14.5 Å². The maximum Gasteiger partial charge on any atom is 0.172 e. The van der Waals surface area contributed by atoms with Gasteiger partial charge in [0.1, 0.15) is 0 Å². The second-order valence-electron chi connectivity index (χ2n) is 3.00. The Morgan fingerprint density at radius 2 is 2.23 bits per heavy atom. The van der Waals surface area contributed by atoms with Crippen LogP contribution in [0.25, 0.3) is 0 Å². The summed E-state index contributed by atoms with van der Waals surface area (Å²) in [4.78, 5) is 0. The zero-order valence-electron chi connectivity index (χ0n) is 7.88. The Bertz CT molecular complexity index is 288. The van der Waals surface area contributed by atoms with Crippen LogP contribution in [0.4, 0.5) is 4.39 Å². The van der Waals surface area contributed by atoms with Crippen LogP contribution >= 0.6 is 9.24 Å². The second kappa shape index (κ2) is 4.57. The van der Waals surface area contributed by atoms with E-state index in [0.29, 0.717) is 11.1 Å². The minimum Gasteiger partial charge on any atom is -0.488 e. The minimum absolute atomic E-state index is 0.0568. The highest BCUT2D eigenvalue weighted by atomic mass is 31.0. The van der Waals surface area contributed by atoms with Crippen LogP contribution in [-0.4, -0.2) is 6.10 Å². The first-order valence-electron chi connectivity index (χ1n) is 4.35. The molecule has 0 aliphatic rings. The number of hydrogen-bond acceptors (Lipinski definition) is 1. The molecule has 1 aromatic carbocycles. The predicted octanol–water partition coefficient (Wildman–Crippen LogP) is 2.50. The molecule has 72 valence electrons. The van der Waals surface area contributed by atoms with Crippen LogP contribution in [0.3, 0.4) is 0 Å². The Balaban J connectivity index is 2.83. The highest BCUT2D eigenvalue weighted by Gasteiger charge is 2.08. The minimum atomic E-state index is -0.284. The molecule has 1 nitrogen and oxygen atoms in total. The van der Waals surface area contributed by atoms with Crippen LogP contribution in [0.2, 0.25) is 0 Å². The molecular weight excluding hydrogens is 186 g/mol. The zero-order chi connectivity index (χ0) is 9.84. The van der Waals surface area contributed by atoms with E-state index in [9.17, 15) is 4.39 Å². The van der Waals surface area contributed by atoms with E-state index >= 15 is 0 Å². The Morgan fingerprint density at radius 3 is 2.85 bits per heavy atom. The van der Waals surface area contributed by atoms with E-state index in [1.807, 2.05) is 13.8 Å². The summed E-state index contributed by atoms with van der Waals surface area (Å²) in [6.07, 6.45) is 0.932. The van der Waals surface area contributed by atoms with E-state index in [1.54, 1.807) is 18.2 Å². The molecule has 0 heterocycles. The largest absolute Gasteiger partial charge is 0.488 e. The Morgan fingerprint density at radius 1 is 1.54 bits per heavy atom. The van der Waals surface area contributed by atoms with E-state index in [2.05, 4.69) is 9.24 Å². The van der Waals surface area contributed by atoms with Gasteiger partial charge in [-0.05, 0) is 19.4 Å². The summed E-state index contributed by atoms with van der Waals surface area (Å²) >= 11 is 0. The first-order valence-corrected chi connectivity index (χ1v) is 4.93. The molecule has 0 aliphatic carbocycles. The van der Waals surface area contributed by atoms with Crippen LogP contribution < -0.4 is 10.0 Å². The molecule has 0 N–H and O–H groups in total. The third kappa shape index (κ3) is 2.67. The van der Waals surface area contributed by atoms with Gasteiger partial charge in [-0.2, -0.15) is 0 Å². The number of hydrogen-bond donors (Lipinski definition) is 0. The number of halogens is 1. The molecular formula is C10H14FOP. The summed E-state index contributed by atoms with van der Waals surface area (Å²) in [5.41, 5.74) is 0. The third-order valence-electron chi connectivity index (χ3n) is 1.90. The van der Waals surface area contributed by atoms with Gasteiger partial charge in [-0.3, -0.25) is 0 Å². The van der Waals surface area contributed by atoms with Crippen LogP contribution in [0, 0.1) is 5.82 Å². The molecule has 0 aliphatic heterocycles. The molecule has 0 radical (unpaired) electrons. The summed E-state index contributed by atoms with van der Waals surface area (Å²) < 4.78 is 18.7. The lowest BCUT2D eigenvalue weighted by Crippen LogP contribution is -2.12. The van der Waals surface area contributed by atoms with E-state index in [-0.39, 0.29) is 11.9 Å². The second-order valence-corrected chi connectivity index (χ2v) is 3.62. The van der Waals surface area contributed by atoms with Gasteiger partial charge in [0, 0.05) is 5.30 Å². The first kappa shape index (κ1) is 10.5. The summed E-state index contributed by atoms with van der Waals surface area (Å²) in [6, 6.07) is 5.13. The Labute approximate surface area is 80.5 Å². The van der Waals surface area contributed by atoms with Gasteiger partial charge in [-0.15, -0.1) is 9.24 Å². The van der Waals surface area contributed by atoms with Crippen molar-refractivity contribution in [2.45, 2.75) is 26.4 Å². The van der Waals surface area contributed by atoms with Gasteiger partial charge < -0.3 is 4.74 Å². The lowest BCUT2D eigenvalue weighted by atomic mass is 10.3. The van der Waals surface area contributed by atoms with Crippen molar-refractivity contribution in [2.24, 2.45) is 0 Å². The molecule has 0 saturated heterocycles. The van der Waals surface area contributed by atoms with Crippen molar-refractivity contribution in [3.05, 3.63) is 24.0 Å². The average Bonchev–Trinajstić information content (AvgIpc) is 2.13. The zero-order valence-corrected chi connectivity index (χ0v) is 9.03. The number of rotatable bonds is 3. The molecule has 0 spiro atoms. The van der Waals surface area contributed by atoms with Crippen molar-refractivity contribution in [3.8, 4) is 5.75 Å². The van der Waals surface area contributed by atoms with E-state index in [4.69, 9.17) is 4.74 Å². The summed E-state index contributed by atoms with van der Waals surface area (Å²) in [7, 11) is 2.34. The van der Waals surface area contributed by atoms with Gasteiger partial charge >= 0.3 is 0 Å². The topological polar surface area (TPSA) is 9.23 Å². The van der Waals surface area contributed by atoms with Crippen LogP contribution in [-0.2, 0) is 0 Å². The van der Waals surface area contributed by atoms with Crippen molar-refractivity contribution in [1.29, 1.82) is 0 Å². The quantitative estimate of drug-likeness (QED) is 0.681. The molecule has 0 bridgehead atoms. The number of benzene rings is 1. The first-order chi connectivity index (χ1) is 6.15. The standard InChI is InChI=1S/C10H14FOP/c1-3-7(2)12-8-5-4-6-9(13)10(8)11/h4-7H,3,13H2,1-2H3. The average molecular weight is 200 g/mol.